The second-order valence-electron chi connectivity index (χ2n) is 3.96. The van der Waals surface area contributed by atoms with Gasteiger partial charge < -0.3 is 0 Å². The lowest BCUT2D eigenvalue weighted by Gasteiger charge is -2.01. The normalized spacial score (nSPS) is 25.2. The molecule has 0 heterocycles. The fourth-order valence-electron chi connectivity index (χ4n) is 1.95. The Hall–Kier alpha value is -0.820. The van der Waals surface area contributed by atoms with Crippen LogP contribution in [0.5, 0.6) is 0 Å². The van der Waals surface area contributed by atoms with Gasteiger partial charge in [0.2, 0.25) is 0 Å². The Kier molecular flexibility index (Phi) is 1.88. The van der Waals surface area contributed by atoms with Crippen LogP contribution in [0.15, 0.2) is 42.5 Å². The summed E-state index contributed by atoms with van der Waals surface area (Å²) >= 11 is 3.65. The molecule has 0 radical (unpaired) electrons. The van der Waals surface area contributed by atoms with Crippen LogP contribution in [-0.2, 0) is 0 Å². The van der Waals surface area contributed by atoms with Gasteiger partial charge >= 0.3 is 0 Å². The molecule has 3 rings (SSSR count). The SMILES string of the molecule is Br[C@@H]1C[C@@H]1c1ccc2ccccc2c1. The predicted octanol–water partition coefficient (Wildman–Crippen LogP) is 4.09. The highest BCUT2D eigenvalue weighted by Crippen LogP contribution is 2.46. The molecule has 0 unspecified atom stereocenters. The highest BCUT2D eigenvalue weighted by atomic mass is 79.9. The second-order valence-corrected chi connectivity index (χ2v) is 5.14. The van der Waals surface area contributed by atoms with Crippen LogP contribution in [0.1, 0.15) is 17.9 Å². The first-order chi connectivity index (χ1) is 6.84. The van der Waals surface area contributed by atoms with Crippen molar-refractivity contribution in [3.05, 3.63) is 48.0 Å². The molecule has 1 fully saturated rings. The van der Waals surface area contributed by atoms with E-state index in [4.69, 9.17) is 0 Å². The van der Waals surface area contributed by atoms with Crippen LogP contribution in [0.4, 0.5) is 0 Å². The van der Waals surface area contributed by atoms with Crippen molar-refractivity contribution in [1.82, 2.24) is 0 Å². The summed E-state index contributed by atoms with van der Waals surface area (Å²) in [5, 5.41) is 2.69. The molecule has 0 aliphatic heterocycles. The lowest BCUT2D eigenvalue weighted by atomic mass is 10.0. The smallest absolute Gasteiger partial charge is 0.0221 e. The van der Waals surface area contributed by atoms with Gasteiger partial charge in [-0.3, -0.25) is 0 Å². The third-order valence-electron chi connectivity index (χ3n) is 2.91. The largest absolute Gasteiger partial charge is 0.0884 e. The number of alkyl halides is 1. The van der Waals surface area contributed by atoms with Crippen LogP contribution in [0.25, 0.3) is 10.8 Å². The Bertz CT molecular complexity index is 475. The van der Waals surface area contributed by atoms with Crippen molar-refractivity contribution in [3.63, 3.8) is 0 Å². The zero-order chi connectivity index (χ0) is 9.54. The molecule has 0 amide bonds. The fourth-order valence-corrected chi connectivity index (χ4v) is 2.66. The minimum Gasteiger partial charge on any atom is -0.0884 e. The van der Waals surface area contributed by atoms with E-state index in [1.165, 1.54) is 22.8 Å². The van der Waals surface area contributed by atoms with Gasteiger partial charge in [0.15, 0.2) is 0 Å². The van der Waals surface area contributed by atoms with Gasteiger partial charge in [0, 0.05) is 4.83 Å². The molecular formula is C13H11Br. The molecule has 1 aliphatic rings. The Labute approximate surface area is 92.1 Å². The van der Waals surface area contributed by atoms with Gasteiger partial charge in [-0.15, -0.1) is 0 Å². The average molecular weight is 247 g/mol. The van der Waals surface area contributed by atoms with E-state index in [0.29, 0.717) is 4.83 Å². The van der Waals surface area contributed by atoms with Gasteiger partial charge in [-0.2, -0.15) is 0 Å². The molecule has 1 saturated carbocycles. The van der Waals surface area contributed by atoms with E-state index in [-0.39, 0.29) is 0 Å². The molecule has 2 aromatic rings. The maximum absolute atomic E-state index is 3.65. The zero-order valence-corrected chi connectivity index (χ0v) is 9.37. The second kappa shape index (κ2) is 3.09. The van der Waals surface area contributed by atoms with Crippen LogP contribution in [0.2, 0.25) is 0 Å². The summed E-state index contributed by atoms with van der Waals surface area (Å²) in [6.07, 6.45) is 1.29. The molecule has 1 heteroatoms. The highest BCUT2D eigenvalue weighted by Gasteiger charge is 2.35. The van der Waals surface area contributed by atoms with Crippen molar-refractivity contribution in [2.75, 3.05) is 0 Å². The Morgan fingerprint density at radius 3 is 2.43 bits per heavy atom. The van der Waals surface area contributed by atoms with Crippen LogP contribution in [-0.4, -0.2) is 4.83 Å². The van der Waals surface area contributed by atoms with Gasteiger partial charge in [0.05, 0.1) is 0 Å². The van der Waals surface area contributed by atoms with Crippen molar-refractivity contribution in [2.45, 2.75) is 17.2 Å². The van der Waals surface area contributed by atoms with Gasteiger partial charge in [0.1, 0.15) is 0 Å². The van der Waals surface area contributed by atoms with E-state index >= 15 is 0 Å². The molecule has 2 aromatic carbocycles. The zero-order valence-electron chi connectivity index (χ0n) is 7.78. The monoisotopic (exact) mass is 246 g/mol. The number of hydrogen-bond donors (Lipinski definition) is 0. The van der Waals surface area contributed by atoms with Crippen LogP contribution in [0.3, 0.4) is 0 Å². The first-order valence-corrected chi connectivity index (χ1v) is 5.89. The van der Waals surface area contributed by atoms with Crippen molar-refractivity contribution >= 4 is 26.7 Å². The van der Waals surface area contributed by atoms with Gasteiger partial charge in [-0.25, -0.2) is 0 Å². The summed E-state index contributed by atoms with van der Waals surface area (Å²) in [6.45, 7) is 0. The quantitative estimate of drug-likeness (QED) is 0.666. The van der Waals surface area contributed by atoms with Gasteiger partial charge in [0.25, 0.3) is 0 Å². The molecule has 0 N–H and O–H groups in total. The Morgan fingerprint density at radius 1 is 1.00 bits per heavy atom. The van der Waals surface area contributed by atoms with E-state index in [1.807, 2.05) is 0 Å². The standard InChI is InChI=1S/C13H11Br/c14-13-8-12(13)11-6-5-9-3-1-2-4-10(9)7-11/h1-7,12-13H,8H2/t12-,13-/m1/s1. The summed E-state index contributed by atoms with van der Waals surface area (Å²) in [5.41, 5.74) is 1.48. The fraction of sp³-hybridized carbons (Fsp3) is 0.231. The third kappa shape index (κ3) is 1.36. The lowest BCUT2D eigenvalue weighted by molar-refractivity contribution is 1.15. The number of fused-ring (bicyclic) bond motifs is 1. The molecule has 0 nitrogen and oxygen atoms in total. The van der Waals surface area contributed by atoms with Crippen molar-refractivity contribution in [1.29, 1.82) is 0 Å². The number of hydrogen-bond acceptors (Lipinski definition) is 0. The van der Waals surface area contributed by atoms with Gasteiger partial charge in [-0.05, 0) is 28.7 Å². The first kappa shape index (κ1) is 8.49. The van der Waals surface area contributed by atoms with Crippen LogP contribution in [0, 0.1) is 0 Å². The highest BCUT2D eigenvalue weighted by molar-refractivity contribution is 9.09. The van der Waals surface area contributed by atoms with E-state index in [9.17, 15) is 0 Å². The molecule has 0 saturated heterocycles. The van der Waals surface area contributed by atoms with E-state index < -0.39 is 0 Å². The summed E-state index contributed by atoms with van der Waals surface area (Å²) in [6, 6.07) is 15.3. The maximum atomic E-state index is 3.65. The van der Waals surface area contributed by atoms with E-state index in [1.54, 1.807) is 0 Å². The molecule has 14 heavy (non-hydrogen) atoms. The summed E-state index contributed by atoms with van der Waals surface area (Å²) in [5.74, 6) is 0.750. The number of benzene rings is 2. The van der Waals surface area contributed by atoms with Crippen molar-refractivity contribution in [3.8, 4) is 0 Å². The lowest BCUT2D eigenvalue weighted by Crippen LogP contribution is -1.81. The number of halogens is 1. The minimum absolute atomic E-state index is 0.712. The summed E-state index contributed by atoms with van der Waals surface area (Å²) in [4.78, 5) is 0.712. The predicted molar refractivity (Wildman–Crippen MR) is 64.0 cm³/mol. The molecular weight excluding hydrogens is 236 g/mol. The van der Waals surface area contributed by atoms with E-state index in [2.05, 4.69) is 58.4 Å². The Morgan fingerprint density at radius 2 is 1.71 bits per heavy atom. The van der Waals surface area contributed by atoms with Crippen molar-refractivity contribution < 1.29 is 0 Å². The summed E-state index contributed by atoms with van der Waals surface area (Å²) < 4.78 is 0. The molecule has 0 aromatic heterocycles. The minimum atomic E-state index is 0.712. The van der Waals surface area contributed by atoms with E-state index in [0.717, 1.165) is 5.92 Å². The molecule has 0 spiro atoms. The maximum Gasteiger partial charge on any atom is 0.0221 e. The first-order valence-electron chi connectivity index (χ1n) is 4.97. The van der Waals surface area contributed by atoms with Crippen LogP contribution < -0.4 is 0 Å². The van der Waals surface area contributed by atoms with Gasteiger partial charge in [-0.1, -0.05) is 58.4 Å². The topological polar surface area (TPSA) is 0 Å². The summed E-state index contributed by atoms with van der Waals surface area (Å²) in [7, 11) is 0. The number of rotatable bonds is 1. The molecule has 2 atom stereocenters. The Balaban J connectivity index is 2.11. The van der Waals surface area contributed by atoms with Crippen molar-refractivity contribution in [2.24, 2.45) is 0 Å². The molecule has 1 aliphatic carbocycles. The molecule has 0 bridgehead atoms. The third-order valence-corrected chi connectivity index (χ3v) is 3.93. The average Bonchev–Trinajstić information content (AvgIpc) is 2.95. The molecule has 70 valence electrons. The van der Waals surface area contributed by atoms with Crippen LogP contribution >= 0.6 is 15.9 Å².